The topological polar surface area (TPSA) is 67.8 Å². The highest BCUT2D eigenvalue weighted by Crippen LogP contribution is 2.20. The van der Waals surface area contributed by atoms with Gasteiger partial charge in [-0.2, -0.15) is 0 Å². The molecular weight excluding hydrogens is 240 g/mol. The van der Waals surface area contributed by atoms with E-state index in [-0.39, 0.29) is 18.2 Å². The van der Waals surface area contributed by atoms with Gasteiger partial charge in [-0.1, -0.05) is 29.4 Å². The van der Waals surface area contributed by atoms with E-state index in [0.717, 1.165) is 17.7 Å². The summed E-state index contributed by atoms with van der Waals surface area (Å²) in [5.41, 5.74) is 6.47. The number of halogens is 1. The third kappa shape index (κ3) is 4.36. The summed E-state index contributed by atoms with van der Waals surface area (Å²) < 4.78 is 5.59. The van der Waals surface area contributed by atoms with Crippen LogP contribution in [0.3, 0.4) is 0 Å². The lowest BCUT2D eigenvalue weighted by atomic mass is 10.1. The zero-order chi connectivity index (χ0) is 12.0. The van der Waals surface area contributed by atoms with Gasteiger partial charge in [0.2, 0.25) is 0 Å². The van der Waals surface area contributed by atoms with Crippen LogP contribution in [0.15, 0.2) is 42.1 Å². The van der Waals surface area contributed by atoms with Crippen molar-refractivity contribution in [1.29, 1.82) is 0 Å². The Kier molecular flexibility index (Phi) is 6.82. The van der Waals surface area contributed by atoms with E-state index >= 15 is 0 Å². The summed E-state index contributed by atoms with van der Waals surface area (Å²) in [6.45, 7) is 5.41. The number of allylic oxidation sites excluding steroid dienone is 1. The molecule has 0 aromatic heterocycles. The molecule has 94 valence electrons. The van der Waals surface area contributed by atoms with E-state index < -0.39 is 6.10 Å². The molecule has 0 aliphatic heterocycles. The minimum absolute atomic E-state index is 0. The van der Waals surface area contributed by atoms with E-state index in [4.69, 9.17) is 15.7 Å². The van der Waals surface area contributed by atoms with Gasteiger partial charge in [0, 0.05) is 0 Å². The number of nitrogens with two attached hydrogens (primary N) is 1. The van der Waals surface area contributed by atoms with Gasteiger partial charge in [-0.15, -0.1) is 19.0 Å². The number of ether oxygens (including phenoxy) is 1. The van der Waals surface area contributed by atoms with Crippen LogP contribution in [-0.4, -0.2) is 17.1 Å². The molecule has 0 spiro atoms. The fourth-order valence-electron chi connectivity index (χ4n) is 1.28. The summed E-state index contributed by atoms with van der Waals surface area (Å²) >= 11 is 0. The number of hydrogen-bond acceptors (Lipinski definition) is 3. The van der Waals surface area contributed by atoms with Crippen LogP contribution in [0.4, 0.5) is 0 Å². The highest BCUT2D eigenvalue weighted by molar-refractivity contribution is 5.85. The number of para-hydroxylation sites is 1. The Bertz CT molecular complexity index is 394. The minimum atomic E-state index is -0.462. The molecule has 0 radical (unpaired) electrons. The average Bonchev–Trinajstić information content (AvgIpc) is 2.31. The molecule has 1 aromatic carbocycles. The molecule has 0 aliphatic rings. The molecule has 0 heterocycles. The van der Waals surface area contributed by atoms with Crippen molar-refractivity contribution >= 4 is 18.2 Å². The van der Waals surface area contributed by atoms with E-state index in [2.05, 4.69) is 11.7 Å². The van der Waals surface area contributed by atoms with E-state index in [9.17, 15) is 0 Å². The Morgan fingerprint density at radius 1 is 1.59 bits per heavy atom. The average molecular weight is 257 g/mol. The Labute approximate surface area is 107 Å². The van der Waals surface area contributed by atoms with E-state index in [1.807, 2.05) is 24.3 Å². The molecule has 1 atom stereocenters. The lowest BCUT2D eigenvalue weighted by Gasteiger charge is -2.15. The van der Waals surface area contributed by atoms with Gasteiger partial charge in [0.15, 0.2) is 11.9 Å². The van der Waals surface area contributed by atoms with Crippen LogP contribution in [0, 0.1) is 0 Å². The van der Waals surface area contributed by atoms with Crippen molar-refractivity contribution < 1.29 is 9.94 Å². The number of benzene rings is 1. The summed E-state index contributed by atoms with van der Waals surface area (Å²) in [7, 11) is 0. The Morgan fingerprint density at radius 2 is 2.24 bits per heavy atom. The lowest BCUT2D eigenvalue weighted by molar-refractivity contribution is 0.264. The van der Waals surface area contributed by atoms with Gasteiger partial charge < -0.3 is 15.7 Å². The summed E-state index contributed by atoms with van der Waals surface area (Å²) in [6.07, 6.45) is 2.06. The van der Waals surface area contributed by atoms with Crippen molar-refractivity contribution in [3.8, 4) is 5.75 Å². The van der Waals surface area contributed by atoms with Crippen molar-refractivity contribution in [1.82, 2.24) is 0 Å². The molecule has 1 unspecified atom stereocenters. The summed E-state index contributed by atoms with van der Waals surface area (Å²) in [5, 5.41) is 11.4. The molecule has 4 nitrogen and oxygen atoms in total. The second-order valence-electron chi connectivity index (χ2n) is 3.39. The first-order valence-corrected chi connectivity index (χ1v) is 5.02. The third-order valence-electron chi connectivity index (χ3n) is 2.17. The van der Waals surface area contributed by atoms with Crippen LogP contribution < -0.4 is 10.5 Å². The summed E-state index contributed by atoms with van der Waals surface area (Å²) in [6, 6.07) is 7.61. The second-order valence-corrected chi connectivity index (χ2v) is 3.39. The number of amidine groups is 1. The molecule has 1 aromatic rings. The maximum atomic E-state index is 8.52. The maximum absolute atomic E-state index is 8.52. The second kappa shape index (κ2) is 7.57. The first-order valence-electron chi connectivity index (χ1n) is 5.02. The zero-order valence-corrected chi connectivity index (χ0v) is 10.5. The van der Waals surface area contributed by atoms with Gasteiger partial charge in [0.25, 0.3) is 0 Å². The van der Waals surface area contributed by atoms with Crippen LogP contribution in [0.5, 0.6) is 5.75 Å². The van der Waals surface area contributed by atoms with E-state index in [1.54, 1.807) is 13.0 Å². The fourth-order valence-corrected chi connectivity index (χ4v) is 1.28. The van der Waals surface area contributed by atoms with Gasteiger partial charge in [0.05, 0.1) is 0 Å². The largest absolute Gasteiger partial charge is 0.482 e. The van der Waals surface area contributed by atoms with Gasteiger partial charge >= 0.3 is 0 Å². The van der Waals surface area contributed by atoms with Crippen molar-refractivity contribution in [2.45, 2.75) is 19.4 Å². The first kappa shape index (κ1) is 15.3. The Balaban J connectivity index is 0.00000256. The molecule has 0 amide bonds. The molecule has 3 N–H and O–H groups in total. The highest BCUT2D eigenvalue weighted by Gasteiger charge is 2.11. The van der Waals surface area contributed by atoms with E-state index in [1.165, 1.54) is 0 Å². The maximum Gasteiger partial charge on any atom is 0.180 e. The number of hydrogen-bond donors (Lipinski definition) is 2. The van der Waals surface area contributed by atoms with Crippen LogP contribution in [0.2, 0.25) is 0 Å². The molecule has 1 rings (SSSR count). The van der Waals surface area contributed by atoms with Crippen LogP contribution >= 0.6 is 12.4 Å². The van der Waals surface area contributed by atoms with Crippen molar-refractivity contribution in [2.75, 3.05) is 0 Å². The minimum Gasteiger partial charge on any atom is -0.482 e. The predicted molar refractivity (Wildman–Crippen MR) is 71.1 cm³/mol. The van der Waals surface area contributed by atoms with Crippen LogP contribution in [-0.2, 0) is 6.42 Å². The Hall–Kier alpha value is -1.68. The van der Waals surface area contributed by atoms with Crippen molar-refractivity contribution in [3.05, 3.63) is 42.5 Å². The number of rotatable bonds is 5. The SMILES string of the molecule is C=CCc1ccccc1OC(C)/C(N)=N/O.Cl. The van der Waals surface area contributed by atoms with Crippen molar-refractivity contribution in [3.63, 3.8) is 0 Å². The monoisotopic (exact) mass is 256 g/mol. The van der Waals surface area contributed by atoms with Gasteiger partial charge in [0.1, 0.15) is 5.75 Å². The molecule has 0 aliphatic carbocycles. The summed E-state index contributed by atoms with van der Waals surface area (Å²) in [4.78, 5) is 0. The molecule has 0 saturated heterocycles. The first-order chi connectivity index (χ1) is 7.69. The summed E-state index contributed by atoms with van der Waals surface area (Å²) in [5.74, 6) is 0.773. The lowest BCUT2D eigenvalue weighted by Crippen LogP contribution is -2.31. The molecule has 0 fully saturated rings. The van der Waals surface area contributed by atoms with Gasteiger partial charge in [-0.25, -0.2) is 0 Å². The number of oxime groups is 1. The molecular formula is C12H17ClN2O2. The zero-order valence-electron chi connectivity index (χ0n) is 9.67. The van der Waals surface area contributed by atoms with Gasteiger partial charge in [-0.05, 0) is 25.0 Å². The predicted octanol–water partition coefficient (Wildman–Crippen LogP) is 2.35. The molecule has 5 heteroatoms. The van der Waals surface area contributed by atoms with E-state index in [0.29, 0.717) is 0 Å². The number of nitrogens with zero attached hydrogens (tertiary/aromatic N) is 1. The van der Waals surface area contributed by atoms with Crippen molar-refractivity contribution in [2.24, 2.45) is 10.9 Å². The smallest absolute Gasteiger partial charge is 0.180 e. The van der Waals surface area contributed by atoms with Crippen LogP contribution in [0.25, 0.3) is 0 Å². The molecule has 0 saturated carbocycles. The Morgan fingerprint density at radius 3 is 2.82 bits per heavy atom. The normalized spacial score (nSPS) is 12.4. The third-order valence-corrected chi connectivity index (χ3v) is 2.17. The molecule has 17 heavy (non-hydrogen) atoms. The molecule has 0 bridgehead atoms. The highest BCUT2D eigenvalue weighted by atomic mass is 35.5. The van der Waals surface area contributed by atoms with Gasteiger partial charge in [-0.3, -0.25) is 0 Å². The quantitative estimate of drug-likeness (QED) is 0.279. The fraction of sp³-hybridized carbons (Fsp3) is 0.250. The van der Waals surface area contributed by atoms with Crippen LogP contribution in [0.1, 0.15) is 12.5 Å². The standard InChI is InChI=1S/C12H16N2O2.ClH/c1-3-6-10-7-4-5-8-11(10)16-9(2)12(13)14-15;/h3-5,7-9,15H,1,6H2,2H3,(H2,13,14);1H.